The molecule has 1 N–H and O–H groups in total. The lowest BCUT2D eigenvalue weighted by Gasteiger charge is -2.26. The maximum Gasteiger partial charge on any atom is 0.222 e. The summed E-state index contributed by atoms with van der Waals surface area (Å²) >= 11 is 0. The van der Waals surface area contributed by atoms with Crippen LogP contribution in [0.5, 0.6) is 5.75 Å². The van der Waals surface area contributed by atoms with Crippen LogP contribution in [0.2, 0.25) is 0 Å². The average Bonchev–Trinajstić information content (AvgIpc) is 3.14. The smallest absolute Gasteiger partial charge is 0.222 e. The highest BCUT2D eigenvalue weighted by atomic mass is 16.5. The highest BCUT2D eigenvalue weighted by Gasteiger charge is 2.25. The third-order valence-corrected chi connectivity index (χ3v) is 5.93. The van der Waals surface area contributed by atoms with E-state index in [4.69, 9.17) is 4.74 Å². The Bertz CT molecular complexity index is 818. The summed E-state index contributed by atoms with van der Waals surface area (Å²) in [5.74, 6) is 2.07. The first-order valence-electron chi connectivity index (χ1n) is 10.7. The Morgan fingerprint density at radius 3 is 2.55 bits per heavy atom. The van der Waals surface area contributed by atoms with Crippen LogP contribution in [0, 0.1) is 0 Å². The van der Waals surface area contributed by atoms with Crippen LogP contribution in [0.4, 0.5) is 11.6 Å². The van der Waals surface area contributed by atoms with Crippen molar-refractivity contribution in [2.45, 2.75) is 64.0 Å². The van der Waals surface area contributed by atoms with Crippen molar-refractivity contribution < 1.29 is 9.53 Å². The van der Waals surface area contributed by atoms with Gasteiger partial charge in [-0.25, -0.2) is 9.97 Å². The van der Waals surface area contributed by atoms with E-state index in [0.717, 1.165) is 36.9 Å². The maximum atomic E-state index is 11.3. The highest BCUT2D eigenvalue weighted by molar-refractivity contribution is 5.76. The summed E-state index contributed by atoms with van der Waals surface area (Å²) in [6, 6.07) is 8.70. The van der Waals surface area contributed by atoms with Crippen LogP contribution in [-0.4, -0.2) is 41.0 Å². The van der Waals surface area contributed by atoms with E-state index in [1.807, 2.05) is 24.5 Å². The minimum atomic E-state index is 0.156. The second kappa shape index (κ2) is 8.80. The second-order valence-electron chi connectivity index (χ2n) is 8.39. The molecule has 2 heterocycles. The van der Waals surface area contributed by atoms with Crippen molar-refractivity contribution in [2.75, 3.05) is 23.3 Å². The maximum absolute atomic E-state index is 11.3. The molecule has 1 saturated carbocycles. The van der Waals surface area contributed by atoms with Crippen LogP contribution < -0.4 is 15.0 Å². The molecule has 0 bridgehead atoms. The molecule has 2 atom stereocenters. The zero-order valence-electron chi connectivity index (χ0n) is 17.3. The van der Waals surface area contributed by atoms with Crippen LogP contribution in [0.1, 0.15) is 57.4 Å². The van der Waals surface area contributed by atoms with Crippen molar-refractivity contribution in [3.63, 3.8) is 0 Å². The van der Waals surface area contributed by atoms with Crippen LogP contribution in [-0.2, 0) is 4.79 Å². The van der Waals surface area contributed by atoms with E-state index in [2.05, 4.69) is 39.2 Å². The third-order valence-electron chi connectivity index (χ3n) is 5.93. The van der Waals surface area contributed by atoms with E-state index < -0.39 is 0 Å². The van der Waals surface area contributed by atoms with Gasteiger partial charge in [-0.15, -0.1) is 0 Å². The molecule has 4 rings (SSSR count). The molecule has 2 fully saturated rings. The number of hydrogen-bond acceptors (Lipinski definition) is 6. The molecule has 2 aliphatic rings. The number of carbonyl (C=O) groups is 1. The van der Waals surface area contributed by atoms with Gasteiger partial charge < -0.3 is 19.7 Å². The summed E-state index contributed by atoms with van der Waals surface area (Å²) in [4.78, 5) is 22.5. The summed E-state index contributed by atoms with van der Waals surface area (Å²) in [6.07, 6.45) is 9.25. The van der Waals surface area contributed by atoms with Crippen LogP contribution in [0.3, 0.4) is 0 Å². The molecule has 6 heteroatoms. The van der Waals surface area contributed by atoms with Crippen molar-refractivity contribution in [3.8, 4) is 5.75 Å². The van der Waals surface area contributed by atoms with E-state index in [1.54, 1.807) is 6.92 Å². The molecule has 1 aromatic heterocycles. The first-order valence-corrected chi connectivity index (χ1v) is 10.7. The number of ketones is 1. The minimum Gasteiger partial charge on any atom is -0.489 e. The Kier molecular flexibility index (Phi) is 5.97. The number of Topliss-reactive ketones (excluding diaryl/α,β-unsaturated/α-hetero) is 1. The molecule has 0 radical (unpaired) electrons. The lowest BCUT2D eigenvalue weighted by molar-refractivity contribution is -0.117. The third kappa shape index (κ3) is 5.05. The SMILES string of the molecule is CC(=O)C[C@@H](C)c1ccc(OC2CCN(c3cnc(NC4CCC4)nc3)C2)cc1. The molecule has 2 aromatic rings. The lowest BCUT2D eigenvalue weighted by Crippen LogP contribution is -2.28. The van der Waals surface area contributed by atoms with Crippen LogP contribution in [0.25, 0.3) is 0 Å². The molecule has 0 spiro atoms. The zero-order chi connectivity index (χ0) is 20.2. The van der Waals surface area contributed by atoms with Crippen molar-refractivity contribution >= 4 is 17.4 Å². The van der Waals surface area contributed by atoms with Crippen molar-refractivity contribution in [3.05, 3.63) is 42.2 Å². The van der Waals surface area contributed by atoms with Gasteiger partial charge in [0, 0.05) is 25.4 Å². The van der Waals surface area contributed by atoms with Gasteiger partial charge in [0.1, 0.15) is 17.6 Å². The largest absolute Gasteiger partial charge is 0.489 e. The standard InChI is InChI=1S/C23H30N4O2/c1-16(12-17(2)28)18-6-8-21(9-7-18)29-22-10-11-27(15-22)20-13-24-23(25-14-20)26-19-4-3-5-19/h6-9,13-14,16,19,22H,3-5,10-12,15H2,1-2H3,(H,24,25,26)/t16-,22?/m1/s1. The fraction of sp³-hybridized carbons (Fsp3) is 0.522. The quantitative estimate of drug-likeness (QED) is 0.724. The minimum absolute atomic E-state index is 0.156. The van der Waals surface area contributed by atoms with E-state index in [0.29, 0.717) is 12.5 Å². The number of carbonyl (C=O) groups excluding carboxylic acids is 1. The van der Waals surface area contributed by atoms with Gasteiger partial charge in [0.05, 0.1) is 24.6 Å². The molecule has 1 unspecified atom stereocenters. The molecule has 1 aliphatic heterocycles. The first kappa shape index (κ1) is 19.7. The average molecular weight is 395 g/mol. The predicted octanol–water partition coefficient (Wildman–Crippen LogP) is 4.18. The van der Waals surface area contributed by atoms with E-state index in [9.17, 15) is 4.79 Å². The molecular formula is C23H30N4O2. The van der Waals surface area contributed by atoms with Crippen LogP contribution in [0.15, 0.2) is 36.7 Å². The molecule has 29 heavy (non-hydrogen) atoms. The summed E-state index contributed by atoms with van der Waals surface area (Å²) in [7, 11) is 0. The normalized spacial score (nSPS) is 20.2. The predicted molar refractivity (Wildman–Crippen MR) is 115 cm³/mol. The number of hydrogen-bond donors (Lipinski definition) is 1. The van der Waals surface area contributed by atoms with Gasteiger partial charge in [0.25, 0.3) is 0 Å². The molecule has 1 aromatic carbocycles. The Morgan fingerprint density at radius 2 is 1.93 bits per heavy atom. The number of nitrogens with zero attached hydrogens (tertiary/aromatic N) is 3. The van der Waals surface area contributed by atoms with E-state index >= 15 is 0 Å². The first-order chi connectivity index (χ1) is 14.1. The topological polar surface area (TPSA) is 67.3 Å². The highest BCUT2D eigenvalue weighted by Crippen LogP contribution is 2.26. The van der Waals surface area contributed by atoms with Gasteiger partial charge in [-0.2, -0.15) is 0 Å². The number of aromatic nitrogens is 2. The number of ether oxygens (including phenoxy) is 1. The molecule has 154 valence electrons. The van der Waals surface area contributed by atoms with Gasteiger partial charge in [0.15, 0.2) is 0 Å². The Morgan fingerprint density at radius 1 is 1.21 bits per heavy atom. The van der Waals surface area contributed by atoms with Crippen molar-refractivity contribution in [1.82, 2.24) is 9.97 Å². The van der Waals surface area contributed by atoms with Gasteiger partial charge in [-0.3, -0.25) is 0 Å². The summed E-state index contributed by atoms with van der Waals surface area (Å²) in [5, 5.41) is 3.38. The van der Waals surface area contributed by atoms with Crippen molar-refractivity contribution in [1.29, 1.82) is 0 Å². The van der Waals surface area contributed by atoms with Crippen molar-refractivity contribution in [2.24, 2.45) is 0 Å². The molecule has 1 aliphatic carbocycles. The molecule has 6 nitrogen and oxygen atoms in total. The second-order valence-corrected chi connectivity index (χ2v) is 8.39. The fourth-order valence-corrected chi connectivity index (χ4v) is 3.97. The van der Waals surface area contributed by atoms with E-state index in [-0.39, 0.29) is 17.8 Å². The summed E-state index contributed by atoms with van der Waals surface area (Å²) in [6.45, 7) is 5.50. The summed E-state index contributed by atoms with van der Waals surface area (Å²) in [5.41, 5.74) is 2.22. The molecule has 1 saturated heterocycles. The lowest BCUT2D eigenvalue weighted by atomic mass is 9.93. The van der Waals surface area contributed by atoms with Crippen LogP contribution >= 0.6 is 0 Å². The number of rotatable bonds is 8. The Hall–Kier alpha value is -2.63. The Labute approximate surface area is 172 Å². The number of benzene rings is 1. The monoisotopic (exact) mass is 394 g/mol. The molecular weight excluding hydrogens is 364 g/mol. The Balaban J connectivity index is 1.29. The van der Waals surface area contributed by atoms with Gasteiger partial charge >= 0.3 is 0 Å². The van der Waals surface area contributed by atoms with Gasteiger partial charge in [-0.1, -0.05) is 19.1 Å². The van der Waals surface area contributed by atoms with Gasteiger partial charge in [-0.05, 0) is 49.8 Å². The summed E-state index contributed by atoms with van der Waals surface area (Å²) < 4.78 is 6.18. The number of nitrogens with one attached hydrogen (secondary N) is 1. The van der Waals surface area contributed by atoms with Gasteiger partial charge in [0.2, 0.25) is 5.95 Å². The molecule has 0 amide bonds. The zero-order valence-corrected chi connectivity index (χ0v) is 17.3. The number of anilines is 2. The fourth-order valence-electron chi connectivity index (χ4n) is 3.97. The van der Waals surface area contributed by atoms with E-state index in [1.165, 1.54) is 24.8 Å².